The molecule has 1 amide bonds. The van der Waals surface area contributed by atoms with Crippen molar-refractivity contribution in [2.75, 3.05) is 5.73 Å². The number of nitrogens with one attached hydrogen (secondary N) is 1. The predicted molar refractivity (Wildman–Crippen MR) is 92.7 cm³/mol. The van der Waals surface area contributed by atoms with E-state index in [4.69, 9.17) is 10.2 Å². The molecule has 116 valence electrons. The van der Waals surface area contributed by atoms with E-state index in [1.54, 1.807) is 12.1 Å². The number of nitrogens with zero attached hydrogens (tertiary/aromatic N) is 1. The molecule has 5 nitrogen and oxygen atoms in total. The molecule has 1 aromatic carbocycles. The molecule has 0 aliphatic heterocycles. The molecule has 23 heavy (non-hydrogen) atoms. The molecular formula is C17H15N3O2S. The van der Waals surface area contributed by atoms with Gasteiger partial charge in [0.15, 0.2) is 0 Å². The van der Waals surface area contributed by atoms with Gasteiger partial charge in [0.2, 0.25) is 0 Å². The van der Waals surface area contributed by atoms with Crippen LogP contribution in [-0.4, -0.2) is 12.1 Å². The molecule has 0 aliphatic carbocycles. The van der Waals surface area contributed by atoms with Crippen LogP contribution in [-0.2, 0) is 0 Å². The SMILES string of the molecule is Cc1ccc(/C=N\NC(=O)c2cc(-c3ccccc3)sc2N)o1. The van der Waals surface area contributed by atoms with E-state index in [2.05, 4.69) is 10.5 Å². The summed E-state index contributed by atoms with van der Waals surface area (Å²) < 4.78 is 5.33. The molecule has 0 fully saturated rings. The van der Waals surface area contributed by atoms with Crippen molar-refractivity contribution in [3.05, 3.63) is 65.6 Å². The van der Waals surface area contributed by atoms with Gasteiger partial charge in [0, 0.05) is 4.88 Å². The molecule has 3 aromatic rings. The number of benzene rings is 1. The van der Waals surface area contributed by atoms with Crippen molar-refractivity contribution in [2.24, 2.45) is 5.10 Å². The van der Waals surface area contributed by atoms with E-state index in [-0.39, 0.29) is 5.91 Å². The molecule has 0 saturated heterocycles. The average molecular weight is 325 g/mol. The van der Waals surface area contributed by atoms with Crippen LogP contribution in [0.15, 0.2) is 58.0 Å². The molecule has 3 N–H and O–H groups in total. The highest BCUT2D eigenvalue weighted by Crippen LogP contribution is 2.33. The quantitative estimate of drug-likeness (QED) is 0.567. The molecular weight excluding hydrogens is 310 g/mol. The van der Waals surface area contributed by atoms with Crippen molar-refractivity contribution in [1.29, 1.82) is 0 Å². The van der Waals surface area contributed by atoms with Crippen LogP contribution in [0, 0.1) is 6.92 Å². The van der Waals surface area contributed by atoms with E-state index < -0.39 is 0 Å². The third-order valence-corrected chi connectivity index (χ3v) is 4.20. The van der Waals surface area contributed by atoms with E-state index in [1.807, 2.05) is 43.3 Å². The zero-order chi connectivity index (χ0) is 16.2. The summed E-state index contributed by atoms with van der Waals surface area (Å²) in [6.45, 7) is 1.84. The Balaban J connectivity index is 1.73. The maximum atomic E-state index is 12.2. The fraction of sp³-hybridized carbons (Fsp3) is 0.0588. The third-order valence-electron chi connectivity index (χ3n) is 3.18. The number of furan rings is 1. The Kier molecular flexibility index (Phi) is 4.25. The standard InChI is InChI=1S/C17H15N3O2S/c1-11-7-8-13(22-11)10-19-20-17(21)14-9-15(23-16(14)18)12-5-3-2-4-6-12/h2-10H,18H2,1H3,(H,20,21)/b19-10-. The Morgan fingerprint density at radius 1 is 1.26 bits per heavy atom. The number of anilines is 1. The van der Waals surface area contributed by atoms with E-state index in [0.717, 1.165) is 16.2 Å². The van der Waals surface area contributed by atoms with Crippen molar-refractivity contribution in [1.82, 2.24) is 5.43 Å². The van der Waals surface area contributed by atoms with E-state index in [9.17, 15) is 4.79 Å². The average Bonchev–Trinajstić information content (AvgIpc) is 3.14. The van der Waals surface area contributed by atoms with Gasteiger partial charge in [0.05, 0.1) is 16.8 Å². The minimum Gasteiger partial charge on any atom is -0.460 e. The molecule has 0 saturated carbocycles. The lowest BCUT2D eigenvalue weighted by Gasteiger charge is -1.97. The molecule has 0 spiro atoms. The summed E-state index contributed by atoms with van der Waals surface area (Å²) in [5, 5.41) is 4.35. The minimum absolute atomic E-state index is 0.347. The number of hydrazone groups is 1. The van der Waals surface area contributed by atoms with E-state index >= 15 is 0 Å². The van der Waals surface area contributed by atoms with Gasteiger partial charge in [-0.1, -0.05) is 30.3 Å². The first kappa shape index (κ1) is 15.1. The number of thiophene rings is 1. The zero-order valence-electron chi connectivity index (χ0n) is 12.4. The van der Waals surface area contributed by atoms with Crippen molar-refractivity contribution in [3.63, 3.8) is 0 Å². The van der Waals surface area contributed by atoms with Gasteiger partial charge in [-0.15, -0.1) is 11.3 Å². The number of nitrogens with two attached hydrogens (primary N) is 1. The monoisotopic (exact) mass is 325 g/mol. The number of amides is 1. The normalized spacial score (nSPS) is 11.0. The third kappa shape index (κ3) is 3.49. The Bertz CT molecular complexity index is 850. The molecule has 0 atom stereocenters. The second-order valence-corrected chi connectivity index (χ2v) is 5.99. The summed E-state index contributed by atoms with van der Waals surface area (Å²) in [6, 6.07) is 15.2. The maximum absolute atomic E-state index is 12.2. The zero-order valence-corrected chi connectivity index (χ0v) is 13.3. The highest BCUT2D eigenvalue weighted by atomic mass is 32.1. The second kappa shape index (κ2) is 6.50. The van der Waals surface area contributed by atoms with Crippen molar-refractivity contribution < 1.29 is 9.21 Å². The molecule has 3 rings (SSSR count). The topological polar surface area (TPSA) is 80.6 Å². The van der Waals surface area contributed by atoms with Gasteiger partial charge >= 0.3 is 0 Å². The van der Waals surface area contributed by atoms with Crippen LogP contribution in [0.3, 0.4) is 0 Å². The minimum atomic E-state index is -0.347. The highest BCUT2D eigenvalue weighted by Gasteiger charge is 2.14. The lowest BCUT2D eigenvalue weighted by atomic mass is 10.1. The number of hydrogen-bond donors (Lipinski definition) is 2. The summed E-state index contributed by atoms with van der Waals surface area (Å²) in [5.74, 6) is 1.01. The Morgan fingerprint density at radius 2 is 2.04 bits per heavy atom. The van der Waals surface area contributed by atoms with Crippen LogP contribution in [0.4, 0.5) is 5.00 Å². The molecule has 2 heterocycles. The van der Waals surface area contributed by atoms with E-state index in [0.29, 0.717) is 16.3 Å². The number of aryl methyl sites for hydroxylation is 1. The van der Waals surface area contributed by atoms with Gasteiger partial charge < -0.3 is 10.2 Å². The molecule has 2 aromatic heterocycles. The molecule has 0 radical (unpaired) electrons. The summed E-state index contributed by atoms with van der Waals surface area (Å²) in [7, 11) is 0. The summed E-state index contributed by atoms with van der Waals surface area (Å²) >= 11 is 1.38. The summed E-state index contributed by atoms with van der Waals surface area (Å²) in [5.41, 5.74) is 9.86. The maximum Gasteiger partial charge on any atom is 0.274 e. The fourth-order valence-corrected chi connectivity index (χ4v) is 2.99. The lowest BCUT2D eigenvalue weighted by Crippen LogP contribution is -2.17. The van der Waals surface area contributed by atoms with Crippen LogP contribution < -0.4 is 11.2 Å². The Labute approximate surface area is 137 Å². The van der Waals surface area contributed by atoms with Crippen LogP contribution in [0.5, 0.6) is 0 Å². The summed E-state index contributed by atoms with van der Waals surface area (Å²) in [4.78, 5) is 13.1. The summed E-state index contributed by atoms with van der Waals surface area (Å²) in [6.07, 6.45) is 1.45. The smallest absolute Gasteiger partial charge is 0.274 e. The molecule has 0 unspecified atom stereocenters. The Morgan fingerprint density at radius 3 is 2.74 bits per heavy atom. The van der Waals surface area contributed by atoms with Crippen molar-refractivity contribution in [3.8, 4) is 10.4 Å². The number of carbonyl (C=O) groups is 1. The first-order valence-corrected chi connectivity index (χ1v) is 7.79. The van der Waals surface area contributed by atoms with Gasteiger partial charge in [-0.25, -0.2) is 5.43 Å². The number of nitrogen functional groups attached to an aromatic ring is 1. The van der Waals surface area contributed by atoms with Gasteiger partial charge in [-0.2, -0.15) is 5.10 Å². The van der Waals surface area contributed by atoms with Gasteiger partial charge in [-0.05, 0) is 30.7 Å². The fourth-order valence-electron chi connectivity index (χ4n) is 2.06. The highest BCUT2D eigenvalue weighted by molar-refractivity contribution is 7.19. The number of carbonyl (C=O) groups excluding carboxylic acids is 1. The number of rotatable bonds is 4. The molecule has 0 aliphatic rings. The van der Waals surface area contributed by atoms with Gasteiger partial charge in [-0.3, -0.25) is 4.79 Å². The van der Waals surface area contributed by atoms with Crippen LogP contribution in [0.25, 0.3) is 10.4 Å². The van der Waals surface area contributed by atoms with Gasteiger partial charge in [0.25, 0.3) is 5.91 Å². The van der Waals surface area contributed by atoms with Crippen LogP contribution in [0.2, 0.25) is 0 Å². The van der Waals surface area contributed by atoms with E-state index in [1.165, 1.54) is 17.6 Å². The largest absolute Gasteiger partial charge is 0.460 e. The van der Waals surface area contributed by atoms with Crippen LogP contribution >= 0.6 is 11.3 Å². The van der Waals surface area contributed by atoms with Crippen molar-refractivity contribution >= 4 is 28.5 Å². The second-order valence-electron chi connectivity index (χ2n) is 4.90. The first-order chi connectivity index (χ1) is 11.1. The lowest BCUT2D eigenvalue weighted by molar-refractivity contribution is 0.0956. The molecule has 6 heteroatoms. The predicted octanol–water partition coefficient (Wildman–Crippen LogP) is 3.66. The first-order valence-electron chi connectivity index (χ1n) is 6.98. The van der Waals surface area contributed by atoms with Crippen LogP contribution in [0.1, 0.15) is 21.9 Å². The Hall–Kier alpha value is -2.86. The number of hydrogen-bond acceptors (Lipinski definition) is 5. The van der Waals surface area contributed by atoms with Crippen molar-refractivity contribution in [2.45, 2.75) is 6.92 Å². The van der Waals surface area contributed by atoms with Gasteiger partial charge in [0.1, 0.15) is 11.5 Å². The molecule has 0 bridgehead atoms.